The summed E-state index contributed by atoms with van der Waals surface area (Å²) in [5.74, 6) is -1.76. The predicted molar refractivity (Wildman–Crippen MR) is 131 cm³/mol. The SMILES string of the molecule is CCC(C)CCC(C)CCC1CCC(c2cc3c(c(F)c2F)-c2c(cc(C)c(F)c2F)C3)CC1. The van der Waals surface area contributed by atoms with Gasteiger partial charge in [-0.25, -0.2) is 17.6 Å². The molecule has 186 valence electrons. The van der Waals surface area contributed by atoms with E-state index in [0.29, 0.717) is 29.0 Å². The van der Waals surface area contributed by atoms with Gasteiger partial charge in [0.2, 0.25) is 0 Å². The van der Waals surface area contributed by atoms with Crippen LogP contribution in [-0.4, -0.2) is 0 Å². The molecule has 2 aromatic carbocycles. The first kappa shape index (κ1) is 25.3. The number of aryl methyl sites for hydroxylation is 1. The van der Waals surface area contributed by atoms with E-state index >= 15 is 8.78 Å². The summed E-state index contributed by atoms with van der Waals surface area (Å²) in [6, 6.07) is 3.28. The fourth-order valence-electron chi connectivity index (χ4n) is 6.04. The molecule has 0 radical (unpaired) electrons. The Balaban J connectivity index is 1.41. The van der Waals surface area contributed by atoms with E-state index in [0.717, 1.165) is 37.5 Å². The van der Waals surface area contributed by atoms with Crippen LogP contribution in [0, 0.1) is 47.9 Å². The zero-order chi connectivity index (χ0) is 24.6. The zero-order valence-corrected chi connectivity index (χ0v) is 21.0. The first-order chi connectivity index (χ1) is 16.2. The van der Waals surface area contributed by atoms with Crippen LogP contribution >= 0.6 is 0 Å². The van der Waals surface area contributed by atoms with Gasteiger partial charge in [-0.15, -0.1) is 0 Å². The fourth-order valence-corrected chi connectivity index (χ4v) is 6.04. The van der Waals surface area contributed by atoms with Gasteiger partial charge < -0.3 is 0 Å². The molecule has 4 rings (SSSR count). The van der Waals surface area contributed by atoms with Crippen molar-refractivity contribution in [3.63, 3.8) is 0 Å². The van der Waals surface area contributed by atoms with Gasteiger partial charge >= 0.3 is 0 Å². The highest BCUT2D eigenvalue weighted by atomic mass is 19.2. The first-order valence-corrected chi connectivity index (χ1v) is 13.2. The van der Waals surface area contributed by atoms with Gasteiger partial charge in [0.05, 0.1) is 0 Å². The molecule has 0 heterocycles. The van der Waals surface area contributed by atoms with E-state index in [2.05, 4.69) is 20.8 Å². The van der Waals surface area contributed by atoms with Crippen molar-refractivity contribution in [3.8, 4) is 11.1 Å². The summed E-state index contributed by atoms with van der Waals surface area (Å²) in [4.78, 5) is 0. The second kappa shape index (κ2) is 10.4. The topological polar surface area (TPSA) is 0 Å². The molecule has 2 atom stereocenters. The van der Waals surface area contributed by atoms with Crippen LogP contribution in [-0.2, 0) is 6.42 Å². The molecule has 2 aliphatic rings. The Bertz CT molecular complexity index is 1030. The third-order valence-corrected chi connectivity index (χ3v) is 8.62. The zero-order valence-electron chi connectivity index (χ0n) is 21.0. The predicted octanol–water partition coefficient (Wildman–Crippen LogP) is 9.64. The Morgan fingerprint density at radius 3 is 2.00 bits per heavy atom. The summed E-state index contributed by atoms with van der Waals surface area (Å²) in [5, 5.41) is 0. The van der Waals surface area contributed by atoms with Gasteiger partial charge in [0.1, 0.15) is 0 Å². The van der Waals surface area contributed by atoms with E-state index in [1.165, 1.54) is 39.0 Å². The van der Waals surface area contributed by atoms with Crippen molar-refractivity contribution < 1.29 is 17.6 Å². The molecule has 0 nitrogen and oxygen atoms in total. The van der Waals surface area contributed by atoms with Gasteiger partial charge in [-0.2, -0.15) is 0 Å². The average Bonchev–Trinajstić information content (AvgIpc) is 3.20. The van der Waals surface area contributed by atoms with Crippen molar-refractivity contribution in [2.45, 2.75) is 97.8 Å². The van der Waals surface area contributed by atoms with Crippen molar-refractivity contribution in [1.82, 2.24) is 0 Å². The second-order valence-electron chi connectivity index (χ2n) is 11.2. The van der Waals surface area contributed by atoms with Gasteiger partial charge in [-0.1, -0.05) is 65.0 Å². The molecule has 0 aliphatic heterocycles. The van der Waals surface area contributed by atoms with Crippen LogP contribution in [0.5, 0.6) is 0 Å². The van der Waals surface area contributed by atoms with Gasteiger partial charge in [0.15, 0.2) is 23.3 Å². The normalized spacial score (nSPS) is 21.3. The number of fused-ring (bicyclic) bond motifs is 3. The molecular formula is C30H38F4. The Labute approximate surface area is 202 Å². The molecule has 2 aliphatic carbocycles. The molecule has 0 saturated heterocycles. The average molecular weight is 475 g/mol. The lowest BCUT2D eigenvalue weighted by molar-refractivity contribution is 0.279. The molecular weight excluding hydrogens is 436 g/mol. The van der Waals surface area contributed by atoms with Gasteiger partial charge in [-0.3, -0.25) is 0 Å². The Morgan fingerprint density at radius 2 is 1.35 bits per heavy atom. The molecule has 2 aromatic rings. The molecule has 1 saturated carbocycles. The smallest absolute Gasteiger partial charge is 0.167 e. The maximum absolute atomic E-state index is 15.2. The molecule has 34 heavy (non-hydrogen) atoms. The summed E-state index contributed by atoms with van der Waals surface area (Å²) < 4.78 is 59.1. The molecule has 2 unspecified atom stereocenters. The molecule has 0 bridgehead atoms. The van der Waals surface area contributed by atoms with Crippen molar-refractivity contribution in [2.24, 2.45) is 17.8 Å². The summed E-state index contributed by atoms with van der Waals surface area (Å²) in [6.45, 7) is 8.42. The Morgan fingerprint density at radius 1 is 0.765 bits per heavy atom. The number of hydrogen-bond acceptors (Lipinski definition) is 0. The molecule has 0 spiro atoms. The first-order valence-electron chi connectivity index (χ1n) is 13.2. The highest BCUT2D eigenvalue weighted by Gasteiger charge is 2.33. The third kappa shape index (κ3) is 4.93. The van der Waals surface area contributed by atoms with Crippen molar-refractivity contribution in [1.29, 1.82) is 0 Å². The molecule has 0 amide bonds. The number of halogens is 4. The monoisotopic (exact) mass is 474 g/mol. The molecule has 4 heteroatoms. The number of benzene rings is 2. The van der Waals surface area contributed by atoms with E-state index in [1.807, 2.05) is 0 Å². The quantitative estimate of drug-likeness (QED) is 0.285. The summed E-state index contributed by atoms with van der Waals surface area (Å²) in [5.41, 5.74) is 1.53. The lowest BCUT2D eigenvalue weighted by Gasteiger charge is -2.30. The van der Waals surface area contributed by atoms with Crippen molar-refractivity contribution in [2.75, 3.05) is 0 Å². The van der Waals surface area contributed by atoms with E-state index in [9.17, 15) is 8.78 Å². The van der Waals surface area contributed by atoms with Crippen LogP contribution in [0.15, 0.2) is 12.1 Å². The minimum absolute atomic E-state index is 0.00842. The minimum Gasteiger partial charge on any atom is -0.203 e. The maximum atomic E-state index is 15.2. The molecule has 0 N–H and O–H groups in total. The largest absolute Gasteiger partial charge is 0.203 e. The lowest BCUT2D eigenvalue weighted by Crippen LogP contribution is -2.16. The van der Waals surface area contributed by atoms with Crippen LogP contribution in [0.3, 0.4) is 0 Å². The van der Waals surface area contributed by atoms with Crippen molar-refractivity contribution >= 4 is 0 Å². The Kier molecular flexibility index (Phi) is 7.74. The van der Waals surface area contributed by atoms with Gasteiger partial charge in [-0.05, 0) is 85.0 Å². The van der Waals surface area contributed by atoms with E-state index in [4.69, 9.17) is 0 Å². The Hall–Kier alpha value is -1.84. The lowest BCUT2D eigenvalue weighted by atomic mass is 9.75. The summed E-state index contributed by atoms with van der Waals surface area (Å²) >= 11 is 0. The number of rotatable bonds is 8. The van der Waals surface area contributed by atoms with Gasteiger partial charge in [0.25, 0.3) is 0 Å². The van der Waals surface area contributed by atoms with E-state index < -0.39 is 23.3 Å². The summed E-state index contributed by atoms with van der Waals surface area (Å²) in [6.07, 6.45) is 10.4. The summed E-state index contributed by atoms with van der Waals surface area (Å²) in [7, 11) is 0. The maximum Gasteiger partial charge on any atom is 0.167 e. The molecule has 1 fully saturated rings. The van der Waals surface area contributed by atoms with Crippen LogP contribution < -0.4 is 0 Å². The standard InChI is InChI=1S/C30H38F4/c1-5-17(2)6-7-18(3)8-9-20-10-12-21(13-11-20)24-16-23-15-22-14-19(4)27(31)29(33)25(22)26(23)30(34)28(24)32/h14,16-18,20-21H,5-13,15H2,1-4H3. The fraction of sp³-hybridized carbons (Fsp3) is 0.600. The van der Waals surface area contributed by atoms with Crippen LogP contribution in [0.1, 0.15) is 107 Å². The van der Waals surface area contributed by atoms with Crippen LogP contribution in [0.2, 0.25) is 0 Å². The molecule has 0 aromatic heterocycles. The van der Waals surface area contributed by atoms with E-state index in [1.54, 1.807) is 12.1 Å². The van der Waals surface area contributed by atoms with Crippen molar-refractivity contribution in [3.05, 3.63) is 57.7 Å². The van der Waals surface area contributed by atoms with Crippen LogP contribution in [0.25, 0.3) is 11.1 Å². The third-order valence-electron chi connectivity index (χ3n) is 8.62. The minimum atomic E-state index is -1.07. The number of hydrogen-bond donors (Lipinski definition) is 0. The van der Waals surface area contributed by atoms with E-state index in [-0.39, 0.29) is 22.6 Å². The highest BCUT2D eigenvalue weighted by molar-refractivity contribution is 5.79. The van der Waals surface area contributed by atoms with Crippen LogP contribution in [0.4, 0.5) is 17.6 Å². The highest BCUT2D eigenvalue weighted by Crippen LogP contribution is 2.46. The van der Waals surface area contributed by atoms with Gasteiger partial charge in [0, 0.05) is 11.1 Å². The second-order valence-corrected chi connectivity index (χ2v) is 11.2.